The topological polar surface area (TPSA) is 80.3 Å². The molecule has 1 fully saturated rings. The Kier molecular flexibility index (Phi) is 6.10. The molecule has 0 saturated carbocycles. The first-order chi connectivity index (χ1) is 10.8. The number of sulfone groups is 2. The van der Waals surface area contributed by atoms with E-state index in [2.05, 4.69) is 12.2 Å². The largest absolute Gasteiger partial charge is 0.312 e. The maximum Gasteiger partial charge on any atom is 0.183 e. The van der Waals surface area contributed by atoms with E-state index in [4.69, 9.17) is 11.6 Å². The normalized spacial score (nSPS) is 23.9. The highest BCUT2D eigenvalue weighted by Gasteiger charge is 2.45. The standard InChI is InChI=1S/C15H22ClNO4S2/c1-2-3-4-9-17-14-10-22(18,19)11-15(14)23(20,21)13-7-5-12(16)6-8-13/h5-8,14-15,17H,2-4,9-11H2,1H3/t14-,15-/m1/s1. The lowest BCUT2D eigenvalue weighted by molar-refractivity contribution is 0.513. The van der Waals surface area contributed by atoms with Crippen LogP contribution in [-0.4, -0.2) is 46.2 Å². The summed E-state index contributed by atoms with van der Waals surface area (Å²) in [6, 6.07) is 5.30. The molecule has 2 rings (SSSR count). The zero-order valence-corrected chi connectivity index (χ0v) is 15.4. The van der Waals surface area contributed by atoms with E-state index in [1.165, 1.54) is 24.3 Å². The third kappa shape index (κ3) is 4.68. The van der Waals surface area contributed by atoms with Crippen LogP contribution >= 0.6 is 11.6 Å². The number of unbranched alkanes of at least 4 members (excludes halogenated alkanes) is 2. The minimum Gasteiger partial charge on any atom is -0.312 e. The fourth-order valence-electron chi connectivity index (χ4n) is 2.77. The van der Waals surface area contributed by atoms with E-state index in [1.807, 2.05) is 0 Å². The number of halogens is 1. The molecule has 8 heteroatoms. The number of rotatable bonds is 7. The summed E-state index contributed by atoms with van der Waals surface area (Å²) < 4.78 is 49.5. The molecule has 0 amide bonds. The molecular formula is C15H22ClNO4S2. The van der Waals surface area contributed by atoms with Gasteiger partial charge in [0.2, 0.25) is 0 Å². The van der Waals surface area contributed by atoms with Crippen molar-refractivity contribution in [2.24, 2.45) is 0 Å². The maximum atomic E-state index is 12.8. The highest BCUT2D eigenvalue weighted by Crippen LogP contribution is 2.26. The minimum atomic E-state index is -3.72. The monoisotopic (exact) mass is 379 g/mol. The van der Waals surface area contributed by atoms with Crippen molar-refractivity contribution >= 4 is 31.3 Å². The van der Waals surface area contributed by atoms with Crippen LogP contribution in [0.4, 0.5) is 0 Å². The van der Waals surface area contributed by atoms with Crippen molar-refractivity contribution in [3.8, 4) is 0 Å². The van der Waals surface area contributed by atoms with Gasteiger partial charge in [-0.3, -0.25) is 0 Å². The smallest absolute Gasteiger partial charge is 0.183 e. The number of hydrogen-bond acceptors (Lipinski definition) is 5. The van der Waals surface area contributed by atoms with Crippen molar-refractivity contribution in [2.45, 2.75) is 42.4 Å². The van der Waals surface area contributed by atoms with Gasteiger partial charge >= 0.3 is 0 Å². The van der Waals surface area contributed by atoms with Gasteiger partial charge in [0, 0.05) is 11.1 Å². The van der Waals surface area contributed by atoms with Crippen molar-refractivity contribution in [3.05, 3.63) is 29.3 Å². The third-order valence-corrected chi connectivity index (χ3v) is 8.45. The van der Waals surface area contributed by atoms with Crippen molar-refractivity contribution in [1.29, 1.82) is 0 Å². The first kappa shape index (κ1) is 18.7. The summed E-state index contributed by atoms with van der Waals surface area (Å²) in [7, 11) is -7.07. The van der Waals surface area contributed by atoms with E-state index in [-0.39, 0.29) is 16.4 Å². The number of benzene rings is 1. The Morgan fingerprint density at radius 1 is 1.17 bits per heavy atom. The lowest BCUT2D eigenvalue weighted by Gasteiger charge is -2.20. The van der Waals surface area contributed by atoms with Crippen molar-refractivity contribution in [3.63, 3.8) is 0 Å². The highest BCUT2D eigenvalue weighted by molar-refractivity contribution is 7.96. The van der Waals surface area contributed by atoms with Crippen LogP contribution in [0.2, 0.25) is 5.02 Å². The van der Waals surface area contributed by atoms with Gasteiger partial charge in [0.05, 0.1) is 21.7 Å². The molecule has 5 nitrogen and oxygen atoms in total. The molecule has 1 saturated heterocycles. The molecule has 0 bridgehead atoms. The van der Waals surface area contributed by atoms with Crippen LogP contribution in [0, 0.1) is 0 Å². The van der Waals surface area contributed by atoms with Gasteiger partial charge in [-0.25, -0.2) is 16.8 Å². The fraction of sp³-hybridized carbons (Fsp3) is 0.600. The van der Waals surface area contributed by atoms with Gasteiger partial charge in [-0.1, -0.05) is 31.4 Å². The zero-order valence-electron chi connectivity index (χ0n) is 13.0. The summed E-state index contributed by atoms with van der Waals surface area (Å²) in [6.45, 7) is 2.70. The van der Waals surface area contributed by atoms with Crippen LogP contribution in [-0.2, 0) is 19.7 Å². The van der Waals surface area contributed by atoms with E-state index >= 15 is 0 Å². The molecule has 1 aliphatic rings. The lowest BCUT2D eigenvalue weighted by Crippen LogP contribution is -2.43. The summed E-state index contributed by atoms with van der Waals surface area (Å²) >= 11 is 5.79. The molecule has 1 heterocycles. The third-order valence-electron chi connectivity index (χ3n) is 4.03. The second-order valence-electron chi connectivity index (χ2n) is 5.88. The molecule has 0 aliphatic carbocycles. The van der Waals surface area contributed by atoms with Crippen LogP contribution in [0.25, 0.3) is 0 Å². The summed E-state index contributed by atoms with van der Waals surface area (Å²) in [5.74, 6) is -0.458. The number of hydrogen-bond donors (Lipinski definition) is 1. The first-order valence-electron chi connectivity index (χ1n) is 7.69. The molecule has 0 spiro atoms. The zero-order chi connectivity index (χ0) is 17.1. The molecule has 2 atom stereocenters. The minimum absolute atomic E-state index is 0.115. The van der Waals surface area contributed by atoms with Crippen LogP contribution in [0.3, 0.4) is 0 Å². The highest BCUT2D eigenvalue weighted by atomic mass is 35.5. The van der Waals surface area contributed by atoms with Gasteiger partial charge in [0.15, 0.2) is 19.7 Å². The molecule has 130 valence electrons. The van der Waals surface area contributed by atoms with E-state index in [0.29, 0.717) is 11.6 Å². The summed E-state index contributed by atoms with van der Waals surface area (Å²) in [5, 5.41) is 2.62. The Morgan fingerprint density at radius 3 is 2.43 bits per heavy atom. The predicted molar refractivity (Wildman–Crippen MR) is 92.4 cm³/mol. The van der Waals surface area contributed by atoms with Gasteiger partial charge in [0.25, 0.3) is 0 Å². The van der Waals surface area contributed by atoms with Crippen LogP contribution in [0.5, 0.6) is 0 Å². The maximum absolute atomic E-state index is 12.8. The van der Waals surface area contributed by atoms with Crippen molar-refractivity contribution < 1.29 is 16.8 Å². The molecule has 1 aromatic carbocycles. The molecule has 1 N–H and O–H groups in total. The van der Waals surface area contributed by atoms with E-state index in [9.17, 15) is 16.8 Å². The van der Waals surface area contributed by atoms with Gasteiger partial charge in [0.1, 0.15) is 0 Å². The molecule has 1 aliphatic heterocycles. The molecule has 1 aromatic rings. The van der Waals surface area contributed by atoms with Gasteiger partial charge in [-0.15, -0.1) is 0 Å². The fourth-order valence-corrected chi connectivity index (χ4v) is 7.62. The van der Waals surface area contributed by atoms with Crippen molar-refractivity contribution in [2.75, 3.05) is 18.1 Å². The quantitative estimate of drug-likeness (QED) is 0.733. The van der Waals surface area contributed by atoms with E-state index in [0.717, 1.165) is 19.3 Å². The van der Waals surface area contributed by atoms with Crippen LogP contribution in [0.15, 0.2) is 29.2 Å². The summed E-state index contributed by atoms with van der Waals surface area (Å²) in [6.07, 6.45) is 2.99. The number of nitrogens with one attached hydrogen (secondary N) is 1. The van der Waals surface area contributed by atoms with Gasteiger partial charge < -0.3 is 5.32 Å². The average Bonchev–Trinajstić information content (AvgIpc) is 2.80. The second-order valence-corrected chi connectivity index (χ2v) is 10.6. The summed E-state index contributed by atoms with van der Waals surface area (Å²) in [4.78, 5) is 0.115. The van der Waals surface area contributed by atoms with E-state index < -0.39 is 31.0 Å². The predicted octanol–water partition coefficient (Wildman–Crippen LogP) is 2.06. The second kappa shape index (κ2) is 7.51. The lowest BCUT2D eigenvalue weighted by atomic mass is 10.2. The Bertz CT molecular complexity index is 729. The summed E-state index contributed by atoms with van der Waals surface area (Å²) in [5.41, 5.74) is 0. The van der Waals surface area contributed by atoms with Gasteiger partial charge in [-0.05, 0) is 37.2 Å². The SMILES string of the molecule is CCCCCN[C@@H]1CS(=O)(=O)C[C@H]1S(=O)(=O)c1ccc(Cl)cc1. The van der Waals surface area contributed by atoms with Gasteiger partial charge in [-0.2, -0.15) is 0 Å². The molecular weight excluding hydrogens is 358 g/mol. The average molecular weight is 380 g/mol. The molecule has 0 aromatic heterocycles. The van der Waals surface area contributed by atoms with Crippen LogP contribution in [0.1, 0.15) is 26.2 Å². The molecule has 23 heavy (non-hydrogen) atoms. The van der Waals surface area contributed by atoms with Crippen LogP contribution < -0.4 is 5.32 Å². The Hall–Kier alpha value is -0.630. The molecule has 0 unspecified atom stereocenters. The molecule has 0 radical (unpaired) electrons. The Labute approximate surface area is 143 Å². The first-order valence-corrected chi connectivity index (χ1v) is 11.4. The Balaban J connectivity index is 2.21. The van der Waals surface area contributed by atoms with E-state index in [1.54, 1.807) is 0 Å². The Morgan fingerprint density at radius 2 is 1.83 bits per heavy atom. The van der Waals surface area contributed by atoms with Crippen molar-refractivity contribution in [1.82, 2.24) is 5.32 Å².